The second kappa shape index (κ2) is 5.15. The molecule has 84 valence electrons. The van der Waals surface area contributed by atoms with Gasteiger partial charge in [-0.05, 0) is 13.3 Å². The highest BCUT2D eigenvalue weighted by molar-refractivity contribution is 5.82. The predicted molar refractivity (Wildman–Crippen MR) is 58.0 cm³/mol. The Morgan fingerprint density at radius 3 is 2.93 bits per heavy atom. The first-order chi connectivity index (χ1) is 7.07. The summed E-state index contributed by atoms with van der Waals surface area (Å²) in [6.45, 7) is 2.67. The smallest absolute Gasteiger partial charge is 0.240 e. The number of terminal acetylenes is 1. The van der Waals surface area contributed by atoms with Crippen molar-refractivity contribution in [1.29, 1.82) is 0 Å². The van der Waals surface area contributed by atoms with Gasteiger partial charge in [-0.3, -0.25) is 4.79 Å². The minimum atomic E-state index is -0.590. The van der Waals surface area contributed by atoms with Gasteiger partial charge in [-0.15, -0.1) is 12.3 Å². The van der Waals surface area contributed by atoms with Crippen LogP contribution < -0.4 is 5.73 Å². The average Bonchev–Trinajstić information content (AvgIpc) is 2.62. The van der Waals surface area contributed by atoms with Crippen LogP contribution >= 0.6 is 0 Å². The van der Waals surface area contributed by atoms with E-state index in [1.54, 1.807) is 11.9 Å². The number of likely N-dealkylation sites (N-methyl/N-ethyl adjacent to an activating group) is 1. The summed E-state index contributed by atoms with van der Waals surface area (Å²) in [7, 11) is 1.76. The first-order valence-electron chi connectivity index (χ1n) is 5.15. The Balaban J connectivity index is 2.56. The zero-order valence-corrected chi connectivity index (χ0v) is 9.27. The molecule has 0 aromatic rings. The van der Waals surface area contributed by atoms with Crippen LogP contribution in [0.4, 0.5) is 0 Å². The summed E-state index contributed by atoms with van der Waals surface area (Å²) >= 11 is 0. The zero-order chi connectivity index (χ0) is 11.4. The fraction of sp³-hybridized carbons (Fsp3) is 0.727. The van der Waals surface area contributed by atoms with E-state index in [0.717, 1.165) is 6.42 Å². The Hall–Kier alpha value is -1.05. The molecule has 0 radical (unpaired) electrons. The van der Waals surface area contributed by atoms with E-state index in [2.05, 4.69) is 5.92 Å². The molecule has 3 unspecified atom stereocenters. The van der Waals surface area contributed by atoms with E-state index in [0.29, 0.717) is 6.61 Å². The number of ether oxygens (including phenoxy) is 1. The van der Waals surface area contributed by atoms with E-state index in [1.165, 1.54) is 0 Å². The minimum Gasteiger partial charge on any atom is -0.376 e. The molecule has 0 bridgehead atoms. The molecule has 0 aliphatic carbocycles. The lowest BCUT2D eigenvalue weighted by Crippen LogP contribution is -2.48. The van der Waals surface area contributed by atoms with Crippen molar-refractivity contribution in [2.75, 3.05) is 13.7 Å². The Labute approximate surface area is 90.8 Å². The lowest BCUT2D eigenvalue weighted by molar-refractivity contribution is -0.134. The maximum atomic E-state index is 11.8. The Morgan fingerprint density at radius 2 is 2.47 bits per heavy atom. The minimum absolute atomic E-state index is 0.0805. The fourth-order valence-electron chi connectivity index (χ4n) is 1.87. The molecule has 1 amide bonds. The normalized spacial score (nSPS) is 27.1. The van der Waals surface area contributed by atoms with Crippen LogP contribution in [-0.2, 0) is 9.53 Å². The van der Waals surface area contributed by atoms with Crippen LogP contribution in [0, 0.1) is 12.3 Å². The highest BCUT2D eigenvalue weighted by Crippen LogP contribution is 2.18. The van der Waals surface area contributed by atoms with Crippen molar-refractivity contribution >= 4 is 5.91 Å². The van der Waals surface area contributed by atoms with Gasteiger partial charge < -0.3 is 15.4 Å². The lowest BCUT2D eigenvalue weighted by atomic mass is 10.1. The van der Waals surface area contributed by atoms with Crippen molar-refractivity contribution in [1.82, 2.24) is 4.90 Å². The van der Waals surface area contributed by atoms with Crippen LogP contribution in [0.5, 0.6) is 0 Å². The van der Waals surface area contributed by atoms with Gasteiger partial charge >= 0.3 is 0 Å². The number of nitrogens with two attached hydrogens (primary N) is 1. The third-order valence-corrected chi connectivity index (χ3v) is 2.84. The van der Waals surface area contributed by atoms with E-state index >= 15 is 0 Å². The van der Waals surface area contributed by atoms with Crippen LogP contribution in [0.3, 0.4) is 0 Å². The number of rotatable bonds is 3. The Morgan fingerprint density at radius 1 is 1.80 bits per heavy atom. The molecule has 1 heterocycles. The first kappa shape index (κ1) is 12.0. The molecule has 4 heteroatoms. The Kier molecular flexibility index (Phi) is 4.13. The van der Waals surface area contributed by atoms with Crippen molar-refractivity contribution in [3.05, 3.63) is 0 Å². The lowest BCUT2D eigenvalue weighted by Gasteiger charge is -2.28. The molecule has 0 spiro atoms. The molecule has 0 saturated carbocycles. The monoisotopic (exact) mass is 210 g/mol. The van der Waals surface area contributed by atoms with Gasteiger partial charge in [0.15, 0.2) is 0 Å². The molecule has 1 aliphatic heterocycles. The average molecular weight is 210 g/mol. The van der Waals surface area contributed by atoms with E-state index in [4.69, 9.17) is 16.9 Å². The summed E-state index contributed by atoms with van der Waals surface area (Å²) in [6, 6.07) is -0.464. The summed E-state index contributed by atoms with van der Waals surface area (Å²) in [5.74, 6) is 2.30. The predicted octanol–water partition coefficient (Wildman–Crippen LogP) is -0.0272. The van der Waals surface area contributed by atoms with E-state index in [1.807, 2.05) is 6.92 Å². The molecule has 2 N–H and O–H groups in total. The standard InChI is InChI=1S/C11H18N2O2/c1-4-5-9(12)11(14)13(3)10-6-7-15-8(10)2/h1,8-10H,5-7,12H2,2-3H3. The van der Waals surface area contributed by atoms with Crippen molar-refractivity contribution in [2.24, 2.45) is 5.73 Å². The number of nitrogens with zero attached hydrogens (tertiary/aromatic N) is 1. The molecule has 15 heavy (non-hydrogen) atoms. The van der Waals surface area contributed by atoms with Crippen LogP contribution in [0.25, 0.3) is 0 Å². The zero-order valence-electron chi connectivity index (χ0n) is 9.27. The number of carbonyl (C=O) groups excluding carboxylic acids is 1. The molecule has 1 fully saturated rings. The quantitative estimate of drug-likeness (QED) is 0.666. The number of amides is 1. The third-order valence-electron chi connectivity index (χ3n) is 2.84. The van der Waals surface area contributed by atoms with E-state index in [-0.39, 0.29) is 24.5 Å². The second-order valence-electron chi connectivity index (χ2n) is 3.90. The Bertz CT molecular complexity index is 272. The SMILES string of the molecule is C#CCC(N)C(=O)N(C)C1CCOC1C. The topological polar surface area (TPSA) is 55.6 Å². The second-order valence-corrected chi connectivity index (χ2v) is 3.90. The van der Waals surface area contributed by atoms with Crippen molar-refractivity contribution in [3.63, 3.8) is 0 Å². The van der Waals surface area contributed by atoms with E-state index < -0.39 is 6.04 Å². The van der Waals surface area contributed by atoms with Gasteiger partial charge in [0.2, 0.25) is 5.91 Å². The van der Waals surface area contributed by atoms with Gasteiger partial charge in [-0.1, -0.05) is 0 Å². The number of hydrogen-bond acceptors (Lipinski definition) is 3. The molecule has 0 aromatic carbocycles. The van der Waals surface area contributed by atoms with Crippen LogP contribution in [0.2, 0.25) is 0 Å². The number of hydrogen-bond donors (Lipinski definition) is 1. The van der Waals surface area contributed by atoms with Crippen LogP contribution in [0.15, 0.2) is 0 Å². The first-order valence-corrected chi connectivity index (χ1v) is 5.15. The molecule has 1 rings (SSSR count). The van der Waals surface area contributed by atoms with Crippen LogP contribution in [0.1, 0.15) is 19.8 Å². The summed E-state index contributed by atoms with van der Waals surface area (Å²) in [4.78, 5) is 13.5. The van der Waals surface area contributed by atoms with Crippen molar-refractivity contribution < 1.29 is 9.53 Å². The molecule has 0 aromatic heterocycles. The highest BCUT2D eigenvalue weighted by Gasteiger charge is 2.32. The summed E-state index contributed by atoms with van der Waals surface area (Å²) in [5.41, 5.74) is 5.67. The van der Waals surface area contributed by atoms with Gasteiger partial charge in [0.05, 0.1) is 18.2 Å². The van der Waals surface area contributed by atoms with Gasteiger partial charge in [-0.25, -0.2) is 0 Å². The molecule has 4 nitrogen and oxygen atoms in total. The maximum Gasteiger partial charge on any atom is 0.240 e. The molecule has 3 atom stereocenters. The molecule has 1 aliphatic rings. The highest BCUT2D eigenvalue weighted by atomic mass is 16.5. The van der Waals surface area contributed by atoms with Gasteiger partial charge in [0, 0.05) is 20.1 Å². The molecule has 1 saturated heterocycles. The van der Waals surface area contributed by atoms with Crippen LogP contribution in [-0.4, -0.2) is 42.6 Å². The van der Waals surface area contributed by atoms with Gasteiger partial charge in [0.1, 0.15) is 0 Å². The number of carbonyl (C=O) groups is 1. The third kappa shape index (κ3) is 2.71. The molecular weight excluding hydrogens is 192 g/mol. The van der Waals surface area contributed by atoms with E-state index in [9.17, 15) is 4.79 Å². The summed E-state index contributed by atoms with van der Waals surface area (Å²) < 4.78 is 5.40. The van der Waals surface area contributed by atoms with Crippen molar-refractivity contribution in [2.45, 2.75) is 38.0 Å². The fourth-order valence-corrected chi connectivity index (χ4v) is 1.87. The molecular formula is C11H18N2O2. The largest absolute Gasteiger partial charge is 0.376 e. The van der Waals surface area contributed by atoms with Gasteiger partial charge in [0.25, 0.3) is 0 Å². The summed E-state index contributed by atoms with van der Waals surface area (Å²) in [5, 5.41) is 0. The van der Waals surface area contributed by atoms with Crippen molar-refractivity contribution in [3.8, 4) is 12.3 Å². The summed E-state index contributed by atoms with van der Waals surface area (Å²) in [6.07, 6.45) is 6.35. The maximum absolute atomic E-state index is 11.8. The van der Waals surface area contributed by atoms with Gasteiger partial charge in [-0.2, -0.15) is 0 Å².